The summed E-state index contributed by atoms with van der Waals surface area (Å²) in [6.45, 7) is 2.77. The lowest BCUT2D eigenvalue weighted by molar-refractivity contribution is 0.102. The van der Waals surface area contributed by atoms with Crippen LogP contribution in [0.4, 0.5) is 10.7 Å². The summed E-state index contributed by atoms with van der Waals surface area (Å²) in [4.78, 5) is 11.7. The van der Waals surface area contributed by atoms with Gasteiger partial charge in [-0.1, -0.05) is 0 Å². The van der Waals surface area contributed by atoms with Crippen molar-refractivity contribution in [3.8, 4) is 6.07 Å². The third-order valence-electron chi connectivity index (χ3n) is 2.19. The van der Waals surface area contributed by atoms with E-state index in [0.717, 1.165) is 6.42 Å². The summed E-state index contributed by atoms with van der Waals surface area (Å²) in [5.74, 6) is -0.117. The van der Waals surface area contributed by atoms with Crippen molar-refractivity contribution >= 4 is 27.8 Å². The first-order chi connectivity index (χ1) is 8.11. The second-order valence-electron chi connectivity index (χ2n) is 3.49. The molecule has 0 bridgehead atoms. The number of ketones is 1. The van der Waals surface area contributed by atoms with E-state index in [0.29, 0.717) is 28.6 Å². The lowest BCUT2D eigenvalue weighted by Crippen LogP contribution is -2.04. The van der Waals surface area contributed by atoms with Crippen molar-refractivity contribution in [2.45, 2.75) is 13.3 Å². The number of nitrogens with zero attached hydrogens (tertiary/aromatic N) is 1. The lowest BCUT2D eigenvalue weighted by atomic mass is 10.2. The topological polar surface area (TPSA) is 88.1 Å². The molecule has 0 aliphatic heterocycles. The molecule has 17 heavy (non-hydrogen) atoms. The summed E-state index contributed by atoms with van der Waals surface area (Å²) in [5.41, 5.74) is 6.38. The minimum absolute atomic E-state index is 0.117. The molecule has 5 nitrogen and oxygen atoms in total. The van der Waals surface area contributed by atoms with Crippen molar-refractivity contribution in [3.63, 3.8) is 0 Å². The van der Waals surface area contributed by atoms with E-state index in [2.05, 4.69) is 5.32 Å². The van der Waals surface area contributed by atoms with Crippen LogP contribution < -0.4 is 11.1 Å². The van der Waals surface area contributed by atoms with E-state index >= 15 is 0 Å². The Bertz CT molecular complexity index is 448. The standard InChI is InChI=1S/C11H15N3O2S/c1-7(15)10-9(13)8(6-12)11(17-10)14-4-3-5-16-2/h14H,3-5,13H2,1-2H3. The van der Waals surface area contributed by atoms with Gasteiger partial charge in [0.25, 0.3) is 0 Å². The minimum Gasteiger partial charge on any atom is -0.396 e. The molecular weight excluding hydrogens is 238 g/mol. The maximum Gasteiger partial charge on any atom is 0.171 e. The molecular formula is C11H15N3O2S. The summed E-state index contributed by atoms with van der Waals surface area (Å²) >= 11 is 1.23. The zero-order chi connectivity index (χ0) is 12.8. The molecule has 0 aromatic carbocycles. The highest BCUT2D eigenvalue weighted by molar-refractivity contribution is 7.18. The average molecular weight is 253 g/mol. The summed E-state index contributed by atoms with van der Waals surface area (Å²) < 4.78 is 4.92. The number of hydrogen-bond acceptors (Lipinski definition) is 6. The maximum atomic E-state index is 11.3. The Morgan fingerprint density at radius 3 is 2.88 bits per heavy atom. The molecule has 1 heterocycles. The number of anilines is 2. The molecule has 0 spiro atoms. The van der Waals surface area contributed by atoms with Gasteiger partial charge in [-0.15, -0.1) is 11.3 Å². The van der Waals surface area contributed by atoms with Crippen LogP contribution in [0.15, 0.2) is 0 Å². The Labute approximate surface area is 104 Å². The molecule has 0 saturated carbocycles. The Kier molecular flexibility index (Phi) is 4.94. The van der Waals surface area contributed by atoms with E-state index in [1.54, 1.807) is 7.11 Å². The second kappa shape index (κ2) is 6.23. The van der Waals surface area contributed by atoms with E-state index in [1.807, 2.05) is 6.07 Å². The van der Waals surface area contributed by atoms with Crippen LogP contribution in [0.25, 0.3) is 0 Å². The fourth-order valence-corrected chi connectivity index (χ4v) is 2.35. The number of carbonyl (C=O) groups is 1. The Morgan fingerprint density at radius 1 is 1.65 bits per heavy atom. The highest BCUT2D eigenvalue weighted by atomic mass is 32.1. The zero-order valence-electron chi connectivity index (χ0n) is 9.87. The van der Waals surface area contributed by atoms with E-state index in [1.165, 1.54) is 18.3 Å². The molecule has 0 saturated heterocycles. The Balaban J connectivity index is 2.81. The van der Waals surface area contributed by atoms with Gasteiger partial charge in [0.2, 0.25) is 0 Å². The van der Waals surface area contributed by atoms with Gasteiger partial charge in [0.05, 0.1) is 10.6 Å². The van der Waals surface area contributed by atoms with Crippen molar-refractivity contribution < 1.29 is 9.53 Å². The first-order valence-corrected chi connectivity index (χ1v) is 5.99. The fourth-order valence-electron chi connectivity index (χ4n) is 1.36. The van der Waals surface area contributed by atoms with Crippen LogP contribution in [0.2, 0.25) is 0 Å². The van der Waals surface area contributed by atoms with Crippen LogP contribution in [0.3, 0.4) is 0 Å². The van der Waals surface area contributed by atoms with Gasteiger partial charge in [-0.25, -0.2) is 0 Å². The fraction of sp³-hybridized carbons (Fsp3) is 0.455. The minimum atomic E-state index is -0.117. The van der Waals surface area contributed by atoms with Gasteiger partial charge in [0.15, 0.2) is 5.78 Å². The van der Waals surface area contributed by atoms with E-state index < -0.39 is 0 Å². The van der Waals surface area contributed by atoms with Crippen LogP contribution in [-0.4, -0.2) is 26.0 Å². The first-order valence-electron chi connectivity index (χ1n) is 5.18. The number of ether oxygens (including phenoxy) is 1. The summed E-state index contributed by atoms with van der Waals surface area (Å²) in [6, 6.07) is 2.02. The molecule has 0 fully saturated rings. The quantitative estimate of drug-likeness (QED) is 0.596. The third kappa shape index (κ3) is 3.19. The highest BCUT2D eigenvalue weighted by Crippen LogP contribution is 2.35. The molecule has 0 amide bonds. The number of nitrogens with one attached hydrogen (secondary N) is 1. The van der Waals surface area contributed by atoms with Crippen molar-refractivity contribution in [1.82, 2.24) is 0 Å². The van der Waals surface area contributed by atoms with Gasteiger partial charge in [-0.2, -0.15) is 5.26 Å². The van der Waals surface area contributed by atoms with Crippen LogP contribution in [0.1, 0.15) is 28.6 Å². The first kappa shape index (κ1) is 13.5. The van der Waals surface area contributed by atoms with Crippen molar-refractivity contribution in [2.24, 2.45) is 0 Å². The molecule has 0 aliphatic rings. The van der Waals surface area contributed by atoms with Gasteiger partial charge in [0.1, 0.15) is 16.6 Å². The summed E-state index contributed by atoms with van der Waals surface area (Å²) in [5, 5.41) is 12.8. The van der Waals surface area contributed by atoms with Crippen LogP contribution in [-0.2, 0) is 4.74 Å². The number of rotatable bonds is 6. The molecule has 0 atom stereocenters. The Morgan fingerprint density at radius 2 is 2.35 bits per heavy atom. The number of hydrogen-bond donors (Lipinski definition) is 2. The van der Waals surface area contributed by atoms with Crippen molar-refractivity contribution in [1.29, 1.82) is 5.26 Å². The molecule has 1 aromatic rings. The van der Waals surface area contributed by atoms with Gasteiger partial charge >= 0.3 is 0 Å². The SMILES string of the molecule is COCCCNc1sc(C(C)=O)c(N)c1C#N. The van der Waals surface area contributed by atoms with Crippen molar-refractivity contribution in [2.75, 3.05) is 31.3 Å². The van der Waals surface area contributed by atoms with Gasteiger partial charge in [-0.05, 0) is 6.42 Å². The Hall–Kier alpha value is -1.58. The monoisotopic (exact) mass is 253 g/mol. The number of carbonyl (C=O) groups excluding carboxylic acids is 1. The van der Waals surface area contributed by atoms with Gasteiger partial charge in [0, 0.05) is 27.2 Å². The molecule has 0 unspecified atom stereocenters. The summed E-state index contributed by atoms with van der Waals surface area (Å²) in [7, 11) is 1.64. The average Bonchev–Trinajstić information content (AvgIpc) is 2.61. The number of nitrogens with two attached hydrogens (primary N) is 1. The van der Waals surface area contributed by atoms with E-state index in [-0.39, 0.29) is 11.5 Å². The lowest BCUT2D eigenvalue weighted by Gasteiger charge is -2.03. The predicted molar refractivity (Wildman–Crippen MR) is 68.4 cm³/mol. The molecule has 1 aromatic heterocycles. The second-order valence-corrected chi connectivity index (χ2v) is 4.51. The van der Waals surface area contributed by atoms with Crippen LogP contribution in [0.5, 0.6) is 0 Å². The predicted octanol–water partition coefficient (Wildman–Crippen LogP) is 1.85. The number of Topliss-reactive ketones (excluding diaryl/α,β-unsaturated/α-hetero) is 1. The smallest absolute Gasteiger partial charge is 0.171 e. The van der Waals surface area contributed by atoms with Gasteiger partial charge in [-0.3, -0.25) is 4.79 Å². The largest absolute Gasteiger partial charge is 0.396 e. The zero-order valence-corrected chi connectivity index (χ0v) is 10.7. The maximum absolute atomic E-state index is 11.3. The molecule has 0 radical (unpaired) electrons. The third-order valence-corrected chi connectivity index (χ3v) is 3.45. The van der Waals surface area contributed by atoms with Crippen LogP contribution >= 0.6 is 11.3 Å². The van der Waals surface area contributed by atoms with Crippen molar-refractivity contribution in [3.05, 3.63) is 10.4 Å². The summed E-state index contributed by atoms with van der Waals surface area (Å²) in [6.07, 6.45) is 0.828. The molecule has 1 rings (SSSR count). The van der Waals surface area contributed by atoms with E-state index in [4.69, 9.17) is 15.7 Å². The highest BCUT2D eigenvalue weighted by Gasteiger charge is 2.18. The molecule has 6 heteroatoms. The number of methoxy groups -OCH3 is 1. The van der Waals surface area contributed by atoms with Crippen LogP contribution in [0, 0.1) is 11.3 Å². The van der Waals surface area contributed by atoms with Gasteiger partial charge < -0.3 is 15.8 Å². The number of thiophene rings is 1. The van der Waals surface area contributed by atoms with E-state index in [9.17, 15) is 4.79 Å². The molecule has 3 N–H and O–H groups in total. The normalized spacial score (nSPS) is 9.94. The number of nitrogen functional groups attached to an aromatic ring is 1. The molecule has 92 valence electrons. The molecule has 0 aliphatic carbocycles. The number of nitriles is 1.